The number of carbonyl (C=O) groups excluding carboxylic acids is 1. The molecule has 0 amide bonds. The van der Waals surface area contributed by atoms with Crippen molar-refractivity contribution in [3.8, 4) is 5.75 Å². The largest absolute Gasteiger partial charge is 0.486 e. The number of hydrogen-bond donors (Lipinski definition) is 5. The number of aliphatic hydroxyl groups excluding tert-OH is 5. The van der Waals surface area contributed by atoms with E-state index in [-0.39, 0.29) is 0 Å². The summed E-state index contributed by atoms with van der Waals surface area (Å²) in [4.78, 5) is 11.6. The van der Waals surface area contributed by atoms with Crippen LogP contribution in [0.2, 0.25) is 0 Å². The van der Waals surface area contributed by atoms with Gasteiger partial charge in [0.15, 0.2) is 0 Å². The average molecular weight is 286 g/mol. The summed E-state index contributed by atoms with van der Waals surface area (Å²) in [5.41, 5.74) is 0. The van der Waals surface area contributed by atoms with Gasteiger partial charge >= 0.3 is 0 Å². The third-order valence-electron chi connectivity index (χ3n) is 2.71. The fraction of sp³-hybridized carbons (Fsp3) is 0.462. The summed E-state index contributed by atoms with van der Waals surface area (Å²) in [6.07, 6.45) is -7.32. The zero-order valence-electron chi connectivity index (χ0n) is 10.7. The Labute approximate surface area is 115 Å². The average Bonchev–Trinajstić information content (AvgIpc) is 2.50. The monoisotopic (exact) mass is 286 g/mol. The number of Topliss-reactive ketones (excluding diaryl/α,β-unsaturated/α-hetero) is 1. The molecule has 0 radical (unpaired) electrons. The lowest BCUT2D eigenvalue weighted by Gasteiger charge is -2.24. The van der Waals surface area contributed by atoms with Gasteiger partial charge < -0.3 is 30.3 Å². The molecular weight excluding hydrogens is 268 g/mol. The molecule has 0 aliphatic heterocycles. The molecule has 0 saturated heterocycles. The van der Waals surface area contributed by atoms with Gasteiger partial charge in [-0.05, 0) is 12.1 Å². The zero-order valence-corrected chi connectivity index (χ0v) is 10.7. The molecule has 0 aliphatic rings. The van der Waals surface area contributed by atoms with E-state index >= 15 is 0 Å². The van der Waals surface area contributed by atoms with Gasteiger partial charge in [-0.3, -0.25) is 4.79 Å². The van der Waals surface area contributed by atoms with Crippen LogP contribution < -0.4 is 4.74 Å². The van der Waals surface area contributed by atoms with E-state index in [1.807, 2.05) is 0 Å². The Morgan fingerprint density at radius 1 is 1.05 bits per heavy atom. The fourth-order valence-electron chi connectivity index (χ4n) is 1.47. The predicted octanol–water partition coefficient (Wildman–Crippen LogP) is -1.93. The molecule has 20 heavy (non-hydrogen) atoms. The van der Waals surface area contributed by atoms with Crippen molar-refractivity contribution in [2.75, 3.05) is 13.2 Å². The third kappa shape index (κ3) is 4.55. The Morgan fingerprint density at radius 2 is 1.65 bits per heavy atom. The summed E-state index contributed by atoms with van der Waals surface area (Å²) in [5.74, 6) is -0.441. The zero-order chi connectivity index (χ0) is 15.1. The van der Waals surface area contributed by atoms with E-state index in [2.05, 4.69) is 0 Å². The van der Waals surface area contributed by atoms with E-state index < -0.39 is 43.4 Å². The van der Waals surface area contributed by atoms with Gasteiger partial charge in [-0.1, -0.05) is 18.2 Å². The normalized spacial score (nSPS) is 17.1. The molecule has 0 bridgehead atoms. The molecule has 1 aromatic rings. The second-order valence-corrected chi connectivity index (χ2v) is 4.24. The highest BCUT2D eigenvalue weighted by Gasteiger charge is 2.34. The molecule has 7 nitrogen and oxygen atoms in total. The number of rotatable bonds is 8. The molecule has 1 aromatic carbocycles. The van der Waals surface area contributed by atoms with Crippen molar-refractivity contribution in [1.29, 1.82) is 0 Å². The number of para-hydroxylation sites is 1. The number of hydrogen-bond acceptors (Lipinski definition) is 7. The van der Waals surface area contributed by atoms with Crippen LogP contribution in [0, 0.1) is 0 Å². The Kier molecular flexibility index (Phi) is 6.56. The second-order valence-electron chi connectivity index (χ2n) is 4.24. The number of ether oxygens (including phenoxy) is 1. The summed E-state index contributed by atoms with van der Waals surface area (Å²) >= 11 is 0. The molecule has 112 valence electrons. The highest BCUT2D eigenvalue weighted by atomic mass is 16.5. The number of aliphatic hydroxyl groups is 5. The lowest BCUT2D eigenvalue weighted by atomic mass is 10.0. The Bertz CT molecular complexity index is 408. The van der Waals surface area contributed by atoms with Gasteiger partial charge in [-0.25, -0.2) is 0 Å². The standard InChI is InChI=1S/C13H18O7/c14-6-9(15)11(17)13(19)12(18)10(16)7-20-8-4-2-1-3-5-8/h1-5,9,11-15,17-19H,6-7H2. The third-order valence-corrected chi connectivity index (χ3v) is 2.71. The SMILES string of the molecule is O=C(COc1ccccc1)C(O)C(O)C(O)C(O)CO. The first-order chi connectivity index (χ1) is 9.47. The van der Waals surface area contributed by atoms with Crippen molar-refractivity contribution < 1.29 is 35.1 Å². The highest BCUT2D eigenvalue weighted by Crippen LogP contribution is 2.10. The van der Waals surface area contributed by atoms with Gasteiger partial charge in [-0.15, -0.1) is 0 Å². The lowest BCUT2D eigenvalue weighted by Crippen LogP contribution is -2.49. The topological polar surface area (TPSA) is 127 Å². The van der Waals surface area contributed by atoms with Crippen LogP contribution in [0.1, 0.15) is 0 Å². The Hall–Kier alpha value is -1.51. The number of benzene rings is 1. The van der Waals surface area contributed by atoms with Crippen molar-refractivity contribution in [3.05, 3.63) is 30.3 Å². The van der Waals surface area contributed by atoms with Crippen molar-refractivity contribution in [2.45, 2.75) is 24.4 Å². The van der Waals surface area contributed by atoms with Crippen LogP contribution in [0.5, 0.6) is 5.75 Å². The minimum Gasteiger partial charge on any atom is -0.486 e. The van der Waals surface area contributed by atoms with Gasteiger partial charge in [0.05, 0.1) is 6.61 Å². The molecule has 0 aliphatic carbocycles. The van der Waals surface area contributed by atoms with Gasteiger partial charge in [-0.2, -0.15) is 0 Å². The van der Waals surface area contributed by atoms with Crippen LogP contribution in [0.15, 0.2) is 30.3 Å². The minimum absolute atomic E-state index is 0.415. The number of carbonyl (C=O) groups is 1. The molecule has 0 aromatic heterocycles. The molecule has 0 spiro atoms. The first-order valence-electron chi connectivity index (χ1n) is 6.01. The van der Waals surface area contributed by atoms with E-state index in [1.165, 1.54) is 0 Å². The maximum atomic E-state index is 11.6. The Morgan fingerprint density at radius 3 is 2.20 bits per heavy atom. The van der Waals surface area contributed by atoms with E-state index in [0.29, 0.717) is 5.75 Å². The van der Waals surface area contributed by atoms with Crippen LogP contribution in [0.25, 0.3) is 0 Å². The molecule has 7 heteroatoms. The minimum atomic E-state index is -1.92. The summed E-state index contributed by atoms with van der Waals surface area (Å²) in [5, 5.41) is 46.2. The smallest absolute Gasteiger partial charge is 0.201 e. The van der Waals surface area contributed by atoms with E-state index in [1.54, 1.807) is 30.3 Å². The van der Waals surface area contributed by atoms with Gasteiger partial charge in [0.2, 0.25) is 5.78 Å². The summed E-state index contributed by atoms with van der Waals surface area (Å²) < 4.78 is 5.09. The van der Waals surface area contributed by atoms with E-state index in [4.69, 9.17) is 14.9 Å². The van der Waals surface area contributed by atoms with Crippen LogP contribution in [-0.4, -0.2) is 68.9 Å². The van der Waals surface area contributed by atoms with Crippen LogP contribution in [0.3, 0.4) is 0 Å². The van der Waals surface area contributed by atoms with Crippen LogP contribution >= 0.6 is 0 Å². The molecule has 4 unspecified atom stereocenters. The van der Waals surface area contributed by atoms with Crippen LogP contribution in [0.4, 0.5) is 0 Å². The maximum absolute atomic E-state index is 11.6. The predicted molar refractivity (Wildman–Crippen MR) is 68.1 cm³/mol. The van der Waals surface area contributed by atoms with Crippen molar-refractivity contribution in [3.63, 3.8) is 0 Å². The van der Waals surface area contributed by atoms with Crippen molar-refractivity contribution >= 4 is 5.78 Å². The fourth-order valence-corrected chi connectivity index (χ4v) is 1.47. The number of ketones is 1. The van der Waals surface area contributed by atoms with Crippen LogP contribution in [-0.2, 0) is 4.79 Å². The van der Waals surface area contributed by atoms with Gasteiger partial charge in [0, 0.05) is 0 Å². The highest BCUT2D eigenvalue weighted by molar-refractivity contribution is 5.84. The van der Waals surface area contributed by atoms with E-state index in [0.717, 1.165) is 0 Å². The first-order valence-corrected chi connectivity index (χ1v) is 6.01. The molecule has 4 atom stereocenters. The Balaban J connectivity index is 2.50. The van der Waals surface area contributed by atoms with Crippen molar-refractivity contribution in [1.82, 2.24) is 0 Å². The molecule has 0 saturated carbocycles. The molecular formula is C13H18O7. The van der Waals surface area contributed by atoms with Gasteiger partial charge in [0.1, 0.15) is 36.8 Å². The first kappa shape index (κ1) is 16.5. The summed E-state index contributed by atoms with van der Waals surface area (Å²) in [6, 6.07) is 8.39. The summed E-state index contributed by atoms with van der Waals surface area (Å²) in [6.45, 7) is -1.30. The molecule has 0 heterocycles. The molecule has 0 fully saturated rings. The van der Waals surface area contributed by atoms with Crippen molar-refractivity contribution in [2.24, 2.45) is 0 Å². The second kappa shape index (κ2) is 7.93. The van der Waals surface area contributed by atoms with E-state index in [9.17, 15) is 20.1 Å². The quantitative estimate of drug-likeness (QED) is 0.376. The maximum Gasteiger partial charge on any atom is 0.201 e. The molecule has 1 rings (SSSR count). The lowest BCUT2D eigenvalue weighted by molar-refractivity contribution is -0.148. The summed E-state index contributed by atoms with van der Waals surface area (Å²) in [7, 11) is 0. The van der Waals surface area contributed by atoms with Gasteiger partial charge in [0.25, 0.3) is 0 Å². The molecule has 5 N–H and O–H groups in total.